The van der Waals surface area contributed by atoms with Crippen LogP contribution in [0.15, 0.2) is 40.8 Å². The Labute approximate surface area is 167 Å². The molecule has 0 radical (unpaired) electrons. The quantitative estimate of drug-likeness (QED) is 0.658. The lowest BCUT2D eigenvalue weighted by Gasteiger charge is -2.16. The van der Waals surface area contributed by atoms with Crippen LogP contribution < -0.4 is 5.32 Å². The zero-order chi connectivity index (χ0) is 20.8. The fraction of sp³-hybridized carbons (Fsp3) is 0.333. The van der Waals surface area contributed by atoms with Gasteiger partial charge in [-0.15, -0.1) is 0 Å². The minimum absolute atomic E-state index is 0.0538. The van der Waals surface area contributed by atoms with Gasteiger partial charge in [-0.1, -0.05) is 36.4 Å². The van der Waals surface area contributed by atoms with Crippen LogP contribution in [0.2, 0.25) is 0 Å². The van der Waals surface area contributed by atoms with Gasteiger partial charge < -0.3 is 14.5 Å². The third-order valence-electron chi connectivity index (χ3n) is 5.25. The second-order valence-electron chi connectivity index (χ2n) is 7.38. The van der Waals surface area contributed by atoms with Crippen molar-refractivity contribution in [2.75, 3.05) is 11.5 Å². The zero-order valence-electron chi connectivity index (χ0n) is 16.1. The van der Waals surface area contributed by atoms with Crippen LogP contribution in [0.5, 0.6) is 0 Å². The molecule has 1 amide bonds. The second-order valence-corrected chi connectivity index (χ2v) is 9.60. The van der Waals surface area contributed by atoms with Crippen LogP contribution in [0.25, 0.3) is 21.7 Å². The van der Waals surface area contributed by atoms with E-state index in [2.05, 4.69) is 5.32 Å². The van der Waals surface area contributed by atoms with E-state index >= 15 is 0 Å². The van der Waals surface area contributed by atoms with Crippen molar-refractivity contribution >= 4 is 43.5 Å². The molecule has 2 heterocycles. The summed E-state index contributed by atoms with van der Waals surface area (Å²) in [7, 11) is -3.11. The molecule has 29 heavy (non-hydrogen) atoms. The number of carbonyl (C=O) groups is 2. The van der Waals surface area contributed by atoms with Gasteiger partial charge >= 0.3 is 5.97 Å². The van der Waals surface area contributed by atoms with Crippen molar-refractivity contribution in [3.8, 4) is 0 Å². The molecule has 1 aliphatic heterocycles. The lowest BCUT2D eigenvalue weighted by atomic mass is 10.1. The molecule has 2 aromatic carbocycles. The molecule has 1 N–H and O–H groups in total. The van der Waals surface area contributed by atoms with Gasteiger partial charge in [-0.25, -0.2) is 13.2 Å². The van der Waals surface area contributed by atoms with E-state index in [4.69, 9.17) is 9.15 Å². The standard InChI is InChI=1S/C21H21NO6S/c1-12-16-8-7-14-5-3-4-6-17(14)19(16)28-18(12)21(24)27-13(2)20(23)22-15-9-10-29(25,26)11-15/h3-8,13,15H,9-11H2,1-2H3,(H,22,23)/t13-,15+/m1/s1. The maximum atomic E-state index is 12.6. The fourth-order valence-corrected chi connectivity index (χ4v) is 5.31. The summed E-state index contributed by atoms with van der Waals surface area (Å²) in [6, 6.07) is 11.1. The summed E-state index contributed by atoms with van der Waals surface area (Å²) in [5.41, 5.74) is 1.24. The molecule has 0 bridgehead atoms. The highest BCUT2D eigenvalue weighted by Crippen LogP contribution is 2.32. The molecule has 2 atom stereocenters. The van der Waals surface area contributed by atoms with E-state index < -0.39 is 33.9 Å². The van der Waals surface area contributed by atoms with Crippen molar-refractivity contribution in [3.05, 3.63) is 47.7 Å². The van der Waals surface area contributed by atoms with Gasteiger partial charge in [0.25, 0.3) is 5.91 Å². The SMILES string of the molecule is Cc1c(C(=O)O[C@H](C)C(=O)N[C@H]2CCS(=O)(=O)C2)oc2c1ccc1ccccc12. The van der Waals surface area contributed by atoms with Gasteiger partial charge in [0, 0.05) is 22.4 Å². The average molecular weight is 415 g/mol. The van der Waals surface area contributed by atoms with Crippen molar-refractivity contribution in [1.82, 2.24) is 5.32 Å². The van der Waals surface area contributed by atoms with E-state index in [0.29, 0.717) is 17.6 Å². The van der Waals surface area contributed by atoms with E-state index in [9.17, 15) is 18.0 Å². The number of rotatable bonds is 4. The number of aryl methyl sites for hydroxylation is 1. The molecular weight excluding hydrogens is 394 g/mol. The first-order chi connectivity index (χ1) is 13.7. The summed E-state index contributed by atoms with van der Waals surface area (Å²) in [5, 5.41) is 5.32. The number of furan rings is 1. The van der Waals surface area contributed by atoms with Gasteiger partial charge in [0.15, 0.2) is 15.9 Å². The Balaban J connectivity index is 1.52. The van der Waals surface area contributed by atoms with E-state index in [1.54, 1.807) is 6.92 Å². The second kappa shape index (κ2) is 7.18. The summed E-state index contributed by atoms with van der Waals surface area (Å²) in [6.45, 7) is 3.22. The molecule has 4 rings (SSSR count). The topological polar surface area (TPSA) is 103 Å². The summed E-state index contributed by atoms with van der Waals surface area (Å²) in [4.78, 5) is 24.9. The third kappa shape index (κ3) is 3.72. The first-order valence-electron chi connectivity index (χ1n) is 9.38. The molecule has 0 aliphatic carbocycles. The molecule has 1 aromatic heterocycles. The molecule has 0 saturated carbocycles. The number of hydrogen-bond donors (Lipinski definition) is 1. The lowest BCUT2D eigenvalue weighted by Crippen LogP contribution is -2.42. The molecule has 1 aliphatic rings. The summed E-state index contributed by atoms with van der Waals surface area (Å²) < 4.78 is 34.2. The molecule has 0 spiro atoms. The smallest absolute Gasteiger partial charge is 0.375 e. The van der Waals surface area contributed by atoms with Crippen LogP contribution >= 0.6 is 0 Å². The fourth-order valence-electron chi connectivity index (χ4n) is 3.64. The van der Waals surface area contributed by atoms with Crippen molar-refractivity contribution in [1.29, 1.82) is 0 Å². The van der Waals surface area contributed by atoms with Crippen molar-refractivity contribution in [2.45, 2.75) is 32.4 Å². The van der Waals surface area contributed by atoms with Crippen molar-refractivity contribution in [3.63, 3.8) is 0 Å². The van der Waals surface area contributed by atoms with Crippen LogP contribution in [0.1, 0.15) is 29.5 Å². The number of fused-ring (bicyclic) bond motifs is 3. The predicted octanol–water partition coefficient (Wildman–Crippen LogP) is 2.74. The lowest BCUT2D eigenvalue weighted by molar-refractivity contribution is -0.129. The van der Waals surface area contributed by atoms with Gasteiger partial charge in [0.05, 0.1) is 11.5 Å². The minimum atomic E-state index is -3.11. The largest absolute Gasteiger partial charge is 0.448 e. The molecular formula is C21H21NO6S. The minimum Gasteiger partial charge on any atom is -0.448 e. The van der Waals surface area contributed by atoms with Gasteiger partial charge in [-0.05, 0) is 25.7 Å². The highest BCUT2D eigenvalue weighted by atomic mass is 32.2. The first kappa shape index (κ1) is 19.4. The normalized spacial score (nSPS) is 19.3. The molecule has 7 nitrogen and oxygen atoms in total. The maximum Gasteiger partial charge on any atom is 0.375 e. The van der Waals surface area contributed by atoms with E-state index in [0.717, 1.165) is 16.2 Å². The number of benzene rings is 2. The summed E-state index contributed by atoms with van der Waals surface area (Å²) in [6.07, 6.45) is -0.708. The van der Waals surface area contributed by atoms with E-state index in [1.807, 2.05) is 36.4 Å². The van der Waals surface area contributed by atoms with E-state index in [-0.39, 0.29) is 17.3 Å². The van der Waals surface area contributed by atoms with Crippen LogP contribution in [-0.2, 0) is 19.4 Å². The maximum absolute atomic E-state index is 12.6. The number of sulfone groups is 1. The number of ether oxygens (including phenoxy) is 1. The highest BCUT2D eigenvalue weighted by molar-refractivity contribution is 7.91. The van der Waals surface area contributed by atoms with Gasteiger partial charge in [-0.3, -0.25) is 4.79 Å². The molecule has 1 fully saturated rings. The zero-order valence-corrected chi connectivity index (χ0v) is 16.9. The number of carbonyl (C=O) groups excluding carboxylic acids is 2. The average Bonchev–Trinajstić information content (AvgIpc) is 3.20. The molecule has 3 aromatic rings. The first-order valence-corrected chi connectivity index (χ1v) is 11.2. The number of nitrogens with one attached hydrogen (secondary N) is 1. The van der Waals surface area contributed by atoms with Crippen molar-refractivity contribution in [2.24, 2.45) is 0 Å². The highest BCUT2D eigenvalue weighted by Gasteiger charge is 2.31. The number of amides is 1. The number of hydrogen-bond acceptors (Lipinski definition) is 6. The Morgan fingerprint density at radius 2 is 1.93 bits per heavy atom. The third-order valence-corrected chi connectivity index (χ3v) is 7.01. The van der Waals surface area contributed by atoms with Crippen LogP contribution in [0.3, 0.4) is 0 Å². The van der Waals surface area contributed by atoms with Gasteiger partial charge in [0.1, 0.15) is 5.58 Å². The molecule has 152 valence electrons. The molecule has 8 heteroatoms. The van der Waals surface area contributed by atoms with E-state index in [1.165, 1.54) is 6.92 Å². The monoisotopic (exact) mass is 415 g/mol. The van der Waals surface area contributed by atoms with Crippen LogP contribution in [-0.4, -0.2) is 43.9 Å². The molecule has 1 saturated heterocycles. The predicted molar refractivity (Wildman–Crippen MR) is 109 cm³/mol. The Kier molecular flexibility index (Phi) is 4.82. The number of esters is 1. The van der Waals surface area contributed by atoms with Gasteiger partial charge in [-0.2, -0.15) is 0 Å². The van der Waals surface area contributed by atoms with Crippen molar-refractivity contribution < 1.29 is 27.2 Å². The Morgan fingerprint density at radius 3 is 2.66 bits per heavy atom. The van der Waals surface area contributed by atoms with Gasteiger partial charge in [0.2, 0.25) is 5.76 Å². The Bertz CT molecular complexity index is 1230. The Morgan fingerprint density at radius 1 is 1.17 bits per heavy atom. The molecule has 0 unspecified atom stereocenters. The van der Waals surface area contributed by atoms with Crippen LogP contribution in [0, 0.1) is 6.92 Å². The summed E-state index contributed by atoms with van der Waals surface area (Å²) >= 11 is 0. The Hall–Kier alpha value is -2.87. The summed E-state index contributed by atoms with van der Waals surface area (Å²) in [5.74, 6) is -1.24. The van der Waals surface area contributed by atoms with Crippen LogP contribution in [0.4, 0.5) is 0 Å².